The van der Waals surface area contributed by atoms with Crippen molar-refractivity contribution in [3.8, 4) is 17.0 Å². The Morgan fingerprint density at radius 3 is 2.69 bits per heavy atom. The van der Waals surface area contributed by atoms with Crippen molar-refractivity contribution in [2.75, 3.05) is 38.0 Å². The lowest BCUT2D eigenvalue weighted by Crippen LogP contribution is -2.46. The van der Waals surface area contributed by atoms with Crippen LogP contribution in [-0.4, -0.2) is 63.8 Å². The maximum atomic E-state index is 13.7. The molecular weight excluding hydrogens is 440 g/mol. The van der Waals surface area contributed by atoms with E-state index in [4.69, 9.17) is 4.98 Å². The van der Waals surface area contributed by atoms with E-state index in [-0.39, 0.29) is 11.7 Å². The van der Waals surface area contributed by atoms with Gasteiger partial charge in [-0.2, -0.15) is 5.10 Å². The molecular formula is C27H26N6O2. The van der Waals surface area contributed by atoms with E-state index in [0.29, 0.717) is 35.4 Å². The summed E-state index contributed by atoms with van der Waals surface area (Å²) < 4.78 is 0. The molecule has 2 aromatic heterocycles. The van der Waals surface area contributed by atoms with Gasteiger partial charge in [-0.1, -0.05) is 24.3 Å². The summed E-state index contributed by atoms with van der Waals surface area (Å²) in [5.41, 5.74) is 6.85. The van der Waals surface area contributed by atoms with Gasteiger partial charge < -0.3 is 20.6 Å². The molecule has 6 rings (SSSR count). The van der Waals surface area contributed by atoms with Crippen LogP contribution in [0.4, 0.5) is 5.69 Å². The van der Waals surface area contributed by atoms with E-state index < -0.39 is 0 Å². The number of aromatic hydroxyl groups is 1. The number of hydrogen-bond donors (Lipinski definition) is 4. The fourth-order valence-electron chi connectivity index (χ4n) is 4.83. The molecule has 0 saturated carbocycles. The molecule has 1 amide bonds. The van der Waals surface area contributed by atoms with Gasteiger partial charge in [0, 0.05) is 44.0 Å². The van der Waals surface area contributed by atoms with E-state index in [2.05, 4.69) is 45.1 Å². The number of piperazine rings is 1. The molecule has 2 aromatic carbocycles. The number of nitrogens with zero attached hydrogens (tertiary/aromatic N) is 3. The summed E-state index contributed by atoms with van der Waals surface area (Å²) in [6.45, 7) is 3.80. The zero-order valence-corrected chi connectivity index (χ0v) is 19.2. The maximum Gasteiger partial charge on any atom is 0.254 e. The highest BCUT2D eigenvalue weighted by Gasteiger charge is 2.24. The first-order valence-corrected chi connectivity index (χ1v) is 11.9. The highest BCUT2D eigenvalue weighted by molar-refractivity contribution is 6.09. The van der Waals surface area contributed by atoms with Crippen molar-refractivity contribution in [1.82, 2.24) is 25.4 Å². The summed E-state index contributed by atoms with van der Waals surface area (Å²) in [7, 11) is 0. The van der Waals surface area contributed by atoms with E-state index in [1.54, 1.807) is 24.3 Å². The fraction of sp³-hybridized carbons (Fsp3) is 0.222. The van der Waals surface area contributed by atoms with Crippen molar-refractivity contribution in [2.24, 2.45) is 0 Å². The Hall–Kier alpha value is -4.17. The van der Waals surface area contributed by atoms with Crippen LogP contribution in [0.2, 0.25) is 0 Å². The number of hydrogen-bond acceptors (Lipinski definition) is 6. The molecule has 176 valence electrons. The predicted octanol–water partition coefficient (Wildman–Crippen LogP) is 3.51. The lowest BCUT2D eigenvalue weighted by Gasteiger charge is -2.27. The average molecular weight is 467 g/mol. The monoisotopic (exact) mass is 466 g/mol. The number of para-hydroxylation sites is 1. The molecule has 4 aromatic rings. The third-order valence-electron chi connectivity index (χ3n) is 6.66. The summed E-state index contributed by atoms with van der Waals surface area (Å²) >= 11 is 0. The second kappa shape index (κ2) is 8.88. The number of carbonyl (C=O) groups excluding carboxylic acids is 1. The van der Waals surface area contributed by atoms with Crippen LogP contribution in [0, 0.1) is 0 Å². The standard InChI is InChI=1S/C27H26N6O2/c34-20-7-4-17(5-8-20)23-16-21(27(35)33-14-12-28-13-15-33)24-22(31-32-26(24)30-23)9-6-18-2-1-3-19-10-11-29-25(18)19/h1-9,16,28-29,34H,10-15H2,(H,30,31,32)/b9-6+. The van der Waals surface area contributed by atoms with Crippen LogP contribution < -0.4 is 10.6 Å². The summed E-state index contributed by atoms with van der Waals surface area (Å²) in [5, 5.41) is 24.7. The SMILES string of the molecule is O=C(c1cc(-c2ccc(O)cc2)nc2n[nH]c(/C=C/c3cccc4c3NCC4)c12)N1CCNCC1. The predicted molar refractivity (Wildman–Crippen MR) is 137 cm³/mol. The van der Waals surface area contributed by atoms with Crippen LogP contribution in [0.3, 0.4) is 0 Å². The van der Waals surface area contributed by atoms with Gasteiger partial charge in [-0.3, -0.25) is 9.89 Å². The van der Waals surface area contributed by atoms with Gasteiger partial charge in [0.25, 0.3) is 5.91 Å². The number of aromatic nitrogens is 3. The molecule has 1 saturated heterocycles. The zero-order valence-electron chi connectivity index (χ0n) is 19.2. The second-order valence-electron chi connectivity index (χ2n) is 8.87. The largest absolute Gasteiger partial charge is 0.508 e. The van der Waals surface area contributed by atoms with Gasteiger partial charge in [-0.15, -0.1) is 0 Å². The highest BCUT2D eigenvalue weighted by Crippen LogP contribution is 2.31. The molecule has 0 spiro atoms. The second-order valence-corrected chi connectivity index (χ2v) is 8.87. The minimum absolute atomic E-state index is 0.0303. The van der Waals surface area contributed by atoms with E-state index in [9.17, 15) is 9.90 Å². The summed E-state index contributed by atoms with van der Waals surface area (Å²) in [6, 6.07) is 15.0. The van der Waals surface area contributed by atoms with Gasteiger partial charge >= 0.3 is 0 Å². The molecule has 2 aliphatic rings. The molecule has 0 bridgehead atoms. The molecule has 35 heavy (non-hydrogen) atoms. The highest BCUT2D eigenvalue weighted by atomic mass is 16.3. The Kier molecular flexibility index (Phi) is 5.42. The number of fused-ring (bicyclic) bond motifs is 2. The quantitative estimate of drug-likeness (QED) is 0.367. The Morgan fingerprint density at radius 1 is 1.03 bits per heavy atom. The van der Waals surface area contributed by atoms with Crippen LogP contribution in [0.1, 0.15) is 27.2 Å². The third-order valence-corrected chi connectivity index (χ3v) is 6.66. The van der Waals surface area contributed by atoms with Crippen molar-refractivity contribution >= 4 is 34.8 Å². The lowest BCUT2D eigenvalue weighted by atomic mass is 10.0. The van der Waals surface area contributed by atoms with Crippen LogP contribution in [0.25, 0.3) is 34.4 Å². The van der Waals surface area contributed by atoms with Crippen LogP contribution in [-0.2, 0) is 6.42 Å². The number of phenols is 1. The molecule has 8 nitrogen and oxygen atoms in total. The van der Waals surface area contributed by atoms with Gasteiger partial charge in [0.2, 0.25) is 0 Å². The smallest absolute Gasteiger partial charge is 0.254 e. The van der Waals surface area contributed by atoms with E-state index in [1.807, 2.05) is 17.0 Å². The minimum atomic E-state index is -0.0303. The van der Waals surface area contributed by atoms with Gasteiger partial charge in [0.1, 0.15) is 5.75 Å². The normalized spacial score (nSPS) is 15.5. The Morgan fingerprint density at radius 2 is 1.86 bits per heavy atom. The van der Waals surface area contributed by atoms with Crippen LogP contribution in [0.5, 0.6) is 5.75 Å². The molecule has 0 aliphatic carbocycles. The first kappa shape index (κ1) is 21.4. The van der Waals surface area contributed by atoms with Crippen molar-refractivity contribution in [3.05, 3.63) is 70.9 Å². The summed E-state index contributed by atoms with van der Waals surface area (Å²) in [6.07, 6.45) is 5.05. The number of anilines is 1. The number of H-pyrrole nitrogens is 1. The number of benzene rings is 2. The number of aromatic amines is 1. The third kappa shape index (κ3) is 4.02. The summed E-state index contributed by atoms with van der Waals surface area (Å²) in [5.74, 6) is 0.151. The first-order valence-electron chi connectivity index (χ1n) is 11.9. The van der Waals surface area contributed by atoms with Crippen molar-refractivity contribution in [1.29, 1.82) is 0 Å². The Bertz CT molecular complexity index is 1430. The minimum Gasteiger partial charge on any atom is -0.508 e. The van der Waals surface area contributed by atoms with Crippen molar-refractivity contribution in [2.45, 2.75) is 6.42 Å². The summed E-state index contributed by atoms with van der Waals surface area (Å²) in [4.78, 5) is 20.3. The number of pyridine rings is 1. The van der Waals surface area contributed by atoms with Gasteiger partial charge in [-0.05, 0) is 54.0 Å². The number of carbonyl (C=O) groups is 1. The zero-order chi connectivity index (χ0) is 23.8. The number of amides is 1. The molecule has 0 unspecified atom stereocenters. The average Bonchev–Trinajstić information content (AvgIpc) is 3.55. The maximum absolute atomic E-state index is 13.7. The molecule has 0 radical (unpaired) electrons. The fourth-order valence-corrected chi connectivity index (χ4v) is 4.83. The number of phenolic OH excluding ortho intramolecular Hbond substituents is 1. The topological polar surface area (TPSA) is 106 Å². The van der Waals surface area contributed by atoms with Crippen LogP contribution >= 0.6 is 0 Å². The Labute approximate surface area is 202 Å². The van der Waals surface area contributed by atoms with E-state index in [1.165, 1.54) is 5.56 Å². The van der Waals surface area contributed by atoms with Crippen LogP contribution in [0.15, 0.2) is 48.5 Å². The van der Waals surface area contributed by atoms with Gasteiger partial charge in [-0.25, -0.2) is 4.98 Å². The number of rotatable bonds is 4. The van der Waals surface area contributed by atoms with Gasteiger partial charge in [0.05, 0.1) is 22.3 Å². The lowest BCUT2D eigenvalue weighted by molar-refractivity contribution is 0.0737. The molecule has 2 aliphatic heterocycles. The molecule has 0 atom stereocenters. The molecule has 4 N–H and O–H groups in total. The molecule has 1 fully saturated rings. The Balaban J connectivity index is 1.46. The van der Waals surface area contributed by atoms with E-state index >= 15 is 0 Å². The molecule has 8 heteroatoms. The van der Waals surface area contributed by atoms with Crippen molar-refractivity contribution in [3.63, 3.8) is 0 Å². The van der Waals surface area contributed by atoms with Gasteiger partial charge in [0.15, 0.2) is 5.65 Å². The first-order chi connectivity index (χ1) is 17.2. The molecule has 4 heterocycles. The number of nitrogens with one attached hydrogen (secondary N) is 3. The van der Waals surface area contributed by atoms with E-state index in [0.717, 1.165) is 48.6 Å². The van der Waals surface area contributed by atoms with Crippen molar-refractivity contribution < 1.29 is 9.90 Å².